The van der Waals surface area contributed by atoms with Crippen LogP contribution in [0.15, 0.2) is 0 Å². The topological polar surface area (TPSA) is 544 Å². The highest BCUT2D eigenvalue weighted by Gasteiger charge is 2.37. The van der Waals surface area contributed by atoms with E-state index in [9.17, 15) is 81.5 Å². The standard InChI is InChI=1S/C86H142Cl3N11O33/c87-86(88,89)67-130-84(117)96-39-19-11-7-15-23-74(107)97-85(64-127-43-30-71(104)90-36-16-8-1-4-12-20-68(101)93-40-49-121-55-61-124-58-52-118-46-33-81(114)131-98-75(108)24-25-76(98)109,65-128-44-31-72(105)91-37-17-9-2-5-13-21-69(102)94-41-50-122-56-62-125-59-53-119-47-34-82(115)132-99-77(110)26-27-78(99)111)66-129-45-32-73(106)92-38-18-10-3-6-14-22-70(103)95-42-51-123-57-63-126-60-54-120-48-35-83(116)133-100-79(112)28-29-80(100)113/h1-67H2,(H,90,104)(H,91,105)(H,92,106)(H,93,101)(H,94,102)(H,95,103)(H,96,117)(H,97,107). The van der Waals surface area contributed by atoms with Crippen LogP contribution in [0.25, 0.3) is 0 Å². The second-order valence-electron chi connectivity index (χ2n) is 31.1. The van der Waals surface area contributed by atoms with E-state index in [0.29, 0.717) is 178 Å². The van der Waals surface area contributed by atoms with Crippen molar-refractivity contribution in [1.29, 1.82) is 0 Å². The van der Waals surface area contributed by atoms with Crippen LogP contribution in [-0.2, 0) is 153 Å². The fourth-order valence-electron chi connectivity index (χ4n) is 12.4. The molecule has 3 saturated heterocycles. The summed E-state index contributed by atoms with van der Waals surface area (Å²) in [6.45, 7) is 5.43. The minimum Gasteiger partial charge on any atom is -0.445 e. The van der Waals surface area contributed by atoms with Crippen molar-refractivity contribution in [3.8, 4) is 0 Å². The Labute approximate surface area is 792 Å². The normalized spacial score (nSPS) is 13.4. The van der Waals surface area contributed by atoms with E-state index in [1.165, 1.54) is 0 Å². The number of hydrogen-bond donors (Lipinski definition) is 8. The Balaban J connectivity index is 1.40. The molecule has 3 heterocycles. The maximum atomic E-state index is 13.9. The van der Waals surface area contributed by atoms with E-state index in [0.717, 1.165) is 57.8 Å². The molecule has 0 bridgehead atoms. The molecule has 14 amide bonds. The van der Waals surface area contributed by atoms with E-state index in [2.05, 4.69) is 42.5 Å². The fourth-order valence-corrected chi connectivity index (χ4v) is 12.5. The van der Waals surface area contributed by atoms with Gasteiger partial charge in [-0.05, 0) is 51.4 Å². The summed E-state index contributed by atoms with van der Waals surface area (Å²) in [6, 6.07) is 0. The number of carbonyl (C=O) groups is 17. The minimum absolute atomic E-state index is 0.00989. The molecule has 0 spiro atoms. The van der Waals surface area contributed by atoms with Gasteiger partial charge < -0.3 is 119 Å². The first-order valence-corrected chi connectivity index (χ1v) is 47.4. The van der Waals surface area contributed by atoms with E-state index in [1.54, 1.807) is 0 Å². The van der Waals surface area contributed by atoms with Crippen LogP contribution in [0.5, 0.6) is 0 Å². The summed E-state index contributed by atoms with van der Waals surface area (Å²) >= 11 is 17.0. The molecule has 133 heavy (non-hydrogen) atoms. The molecule has 44 nitrogen and oxygen atoms in total. The Hall–Kier alpha value is -8.22. The van der Waals surface area contributed by atoms with Crippen molar-refractivity contribution in [3.63, 3.8) is 0 Å². The molecule has 3 fully saturated rings. The molecule has 0 unspecified atom stereocenters. The first-order valence-electron chi connectivity index (χ1n) is 46.3. The third-order valence-corrected chi connectivity index (χ3v) is 19.8. The Kier molecular flexibility index (Phi) is 69.7. The highest BCUT2D eigenvalue weighted by molar-refractivity contribution is 6.67. The van der Waals surface area contributed by atoms with Crippen LogP contribution in [0.4, 0.5) is 4.79 Å². The van der Waals surface area contributed by atoms with Crippen LogP contribution in [0.2, 0.25) is 0 Å². The molecule has 3 rings (SSSR count). The molecule has 0 aromatic carbocycles. The molecule has 0 aliphatic carbocycles. The molecular weight excluding hydrogens is 1820 g/mol. The first kappa shape index (κ1) is 119. The molecule has 0 aromatic heterocycles. The quantitative estimate of drug-likeness (QED) is 0.0242. The third kappa shape index (κ3) is 66.8. The molecule has 47 heteroatoms. The number of alkyl halides is 3. The lowest BCUT2D eigenvalue weighted by atomic mass is 10.0. The summed E-state index contributed by atoms with van der Waals surface area (Å²) in [5.74, 6) is -7.03. The van der Waals surface area contributed by atoms with Crippen LogP contribution in [0.1, 0.15) is 225 Å². The van der Waals surface area contributed by atoms with Gasteiger partial charge in [-0.15, -0.1) is 15.2 Å². The summed E-state index contributed by atoms with van der Waals surface area (Å²) in [4.78, 5) is 222. The zero-order valence-electron chi connectivity index (χ0n) is 76.8. The number of hydroxylamine groups is 6. The van der Waals surface area contributed by atoms with Crippen LogP contribution >= 0.6 is 34.8 Å². The van der Waals surface area contributed by atoms with Gasteiger partial charge >= 0.3 is 24.0 Å². The lowest BCUT2D eigenvalue weighted by molar-refractivity contribution is -0.198. The average Bonchev–Trinajstić information content (AvgIpc) is 1.78. The van der Waals surface area contributed by atoms with E-state index >= 15 is 0 Å². The third-order valence-electron chi connectivity index (χ3n) is 19.5. The molecular formula is C86H142Cl3N11O33. The monoisotopic (exact) mass is 1960 g/mol. The molecule has 8 N–H and O–H groups in total. The molecule has 3 aliphatic heterocycles. The average molecular weight is 1960 g/mol. The van der Waals surface area contributed by atoms with Gasteiger partial charge in [0, 0.05) is 129 Å². The van der Waals surface area contributed by atoms with Gasteiger partial charge in [0.05, 0.1) is 178 Å². The van der Waals surface area contributed by atoms with Gasteiger partial charge in [-0.1, -0.05) is 105 Å². The Morgan fingerprint density at radius 3 is 0.729 bits per heavy atom. The molecule has 0 atom stereocenters. The van der Waals surface area contributed by atoms with Crippen LogP contribution in [0.3, 0.4) is 0 Å². The number of rotatable bonds is 87. The van der Waals surface area contributed by atoms with Crippen molar-refractivity contribution in [3.05, 3.63) is 0 Å². The number of nitrogens with zero attached hydrogens (tertiary/aromatic N) is 3. The highest BCUT2D eigenvalue weighted by atomic mass is 35.6. The number of amides is 14. The first-order chi connectivity index (χ1) is 64.2. The van der Waals surface area contributed by atoms with Crippen LogP contribution in [0, 0.1) is 0 Å². The number of nitrogens with one attached hydrogen (secondary N) is 8. The van der Waals surface area contributed by atoms with Crippen molar-refractivity contribution in [2.24, 2.45) is 0 Å². The van der Waals surface area contributed by atoms with Crippen LogP contribution in [-0.4, -0.2) is 336 Å². The van der Waals surface area contributed by atoms with Crippen molar-refractivity contribution in [2.75, 3.05) is 211 Å². The number of carbonyl (C=O) groups excluding carboxylic acids is 17. The largest absolute Gasteiger partial charge is 0.445 e. The molecule has 760 valence electrons. The number of hydrogen-bond acceptors (Lipinski definition) is 33. The summed E-state index contributed by atoms with van der Waals surface area (Å²) < 4.78 is 70.4. The fraction of sp³-hybridized carbons (Fsp3) is 0.802. The lowest BCUT2D eigenvalue weighted by Crippen LogP contribution is -2.58. The summed E-state index contributed by atoms with van der Waals surface area (Å²) in [6.07, 6.45) is 13.8. The van der Waals surface area contributed by atoms with Crippen molar-refractivity contribution >= 4 is 136 Å². The smallest absolute Gasteiger partial charge is 0.407 e. The SMILES string of the molecule is O=C(CCCCCCCNC(=O)CCOCC(COCCC(=O)NCCCCCCCC(=O)NCCOCCOCCOCCC(=O)ON1C(=O)CCC1=O)(COCCC(=O)NCCCCCCCC(=O)NCCOCCOCCOCCC(=O)ON1C(=O)CCC1=O)NC(=O)CCCCCCNC(=O)OCC(Cl)(Cl)Cl)NCCOCCOCCOCCC(=O)ON1C(=O)CCC1=O. The predicted octanol–water partition coefficient (Wildman–Crippen LogP) is 3.97. The predicted molar refractivity (Wildman–Crippen MR) is 474 cm³/mol. The van der Waals surface area contributed by atoms with Crippen molar-refractivity contribution in [2.45, 2.75) is 234 Å². The van der Waals surface area contributed by atoms with Gasteiger partial charge in [-0.25, -0.2) is 19.2 Å². The zero-order chi connectivity index (χ0) is 96.9. The number of unbranched alkanes of at least 4 members (excludes halogenated alkanes) is 15. The highest BCUT2D eigenvalue weighted by Crippen LogP contribution is 2.26. The van der Waals surface area contributed by atoms with E-state index in [4.69, 9.17) is 111 Å². The number of ether oxygens (including phenoxy) is 13. The zero-order valence-corrected chi connectivity index (χ0v) is 79.1. The Bertz CT molecular complexity index is 3070. The van der Waals surface area contributed by atoms with Gasteiger partial charge in [-0.2, -0.15) is 0 Å². The molecule has 3 aliphatic rings. The van der Waals surface area contributed by atoms with Gasteiger partial charge in [0.1, 0.15) is 12.1 Å². The lowest BCUT2D eigenvalue weighted by Gasteiger charge is -2.34. The van der Waals surface area contributed by atoms with Gasteiger partial charge in [0.2, 0.25) is 45.1 Å². The van der Waals surface area contributed by atoms with E-state index in [1.807, 2.05) is 0 Å². The summed E-state index contributed by atoms with van der Waals surface area (Å²) in [7, 11) is 0. The molecule has 0 aromatic rings. The molecule has 0 saturated carbocycles. The van der Waals surface area contributed by atoms with E-state index < -0.39 is 75.4 Å². The van der Waals surface area contributed by atoms with Gasteiger partial charge in [0.15, 0.2) is 0 Å². The Morgan fingerprint density at radius 2 is 0.451 bits per heavy atom. The second-order valence-corrected chi connectivity index (χ2v) is 33.6. The molecule has 0 radical (unpaired) electrons. The van der Waals surface area contributed by atoms with Gasteiger partial charge in [-0.3, -0.25) is 62.3 Å². The number of imide groups is 3. The van der Waals surface area contributed by atoms with Crippen molar-refractivity contribution < 1.29 is 158 Å². The maximum absolute atomic E-state index is 13.9. The van der Waals surface area contributed by atoms with E-state index in [-0.39, 0.29) is 250 Å². The maximum Gasteiger partial charge on any atom is 0.407 e. The second kappa shape index (κ2) is 77.9. The minimum atomic E-state index is -1.77. The Morgan fingerprint density at radius 1 is 0.233 bits per heavy atom. The summed E-state index contributed by atoms with van der Waals surface area (Å²) in [5.41, 5.74) is -1.36. The summed E-state index contributed by atoms with van der Waals surface area (Å²) in [5, 5.41) is 24.4. The van der Waals surface area contributed by atoms with Crippen molar-refractivity contribution in [1.82, 2.24) is 57.7 Å². The van der Waals surface area contributed by atoms with Gasteiger partial charge in [0.25, 0.3) is 35.4 Å². The van der Waals surface area contributed by atoms with Crippen LogP contribution < -0.4 is 42.5 Å². The number of halogens is 3. The number of alkyl carbamates (subject to hydrolysis) is 1.